The van der Waals surface area contributed by atoms with Gasteiger partial charge in [0.1, 0.15) is 6.42 Å². The van der Waals surface area contributed by atoms with Crippen LogP contribution in [0.25, 0.3) is 11.1 Å². The standard InChI is InChI=1S/C11H8BrNO3/c12-9-4-2-1-3-7(9)8-6-13-16-10(8)5-11(14)15/h1-4,6H,5H2,(H,14,15). The Morgan fingerprint density at radius 3 is 2.81 bits per heavy atom. The molecule has 2 rings (SSSR count). The van der Waals surface area contributed by atoms with Crippen LogP contribution >= 0.6 is 15.9 Å². The maximum atomic E-state index is 10.6. The minimum atomic E-state index is -0.940. The van der Waals surface area contributed by atoms with Gasteiger partial charge in [-0.3, -0.25) is 4.79 Å². The number of hydrogen-bond donors (Lipinski definition) is 1. The molecule has 0 saturated carbocycles. The second kappa shape index (κ2) is 4.49. The topological polar surface area (TPSA) is 63.3 Å². The SMILES string of the molecule is O=C(O)Cc1oncc1-c1ccccc1Br. The molecule has 1 heterocycles. The molecule has 2 aromatic rings. The second-order valence-electron chi connectivity index (χ2n) is 3.21. The lowest BCUT2D eigenvalue weighted by Crippen LogP contribution is -2.00. The van der Waals surface area contributed by atoms with E-state index in [1.807, 2.05) is 24.3 Å². The summed E-state index contributed by atoms with van der Waals surface area (Å²) < 4.78 is 5.81. The fourth-order valence-electron chi connectivity index (χ4n) is 1.43. The van der Waals surface area contributed by atoms with Crippen LogP contribution in [0.4, 0.5) is 0 Å². The van der Waals surface area contributed by atoms with Crippen LogP contribution in [0.5, 0.6) is 0 Å². The average Bonchev–Trinajstić information content (AvgIpc) is 2.66. The van der Waals surface area contributed by atoms with Crippen LogP contribution in [-0.4, -0.2) is 16.2 Å². The molecule has 0 fully saturated rings. The average molecular weight is 282 g/mol. The molecule has 1 aromatic heterocycles. The highest BCUT2D eigenvalue weighted by Crippen LogP contribution is 2.30. The van der Waals surface area contributed by atoms with Crippen molar-refractivity contribution in [1.29, 1.82) is 0 Å². The molecule has 4 nitrogen and oxygen atoms in total. The molecule has 0 saturated heterocycles. The van der Waals surface area contributed by atoms with Gasteiger partial charge < -0.3 is 9.63 Å². The fraction of sp³-hybridized carbons (Fsp3) is 0.0909. The van der Waals surface area contributed by atoms with Gasteiger partial charge in [-0.25, -0.2) is 0 Å². The zero-order chi connectivity index (χ0) is 11.5. The summed E-state index contributed by atoms with van der Waals surface area (Å²) in [5.41, 5.74) is 1.58. The number of hydrogen-bond acceptors (Lipinski definition) is 3. The number of aromatic nitrogens is 1. The molecule has 0 unspecified atom stereocenters. The lowest BCUT2D eigenvalue weighted by molar-refractivity contribution is -0.136. The van der Waals surface area contributed by atoms with Crippen molar-refractivity contribution in [3.05, 3.63) is 40.7 Å². The number of rotatable bonds is 3. The van der Waals surface area contributed by atoms with E-state index in [9.17, 15) is 4.79 Å². The molecule has 0 amide bonds. The van der Waals surface area contributed by atoms with Crippen LogP contribution in [-0.2, 0) is 11.2 Å². The van der Waals surface area contributed by atoms with Crippen molar-refractivity contribution in [2.75, 3.05) is 0 Å². The molecule has 0 radical (unpaired) electrons. The number of halogens is 1. The first-order valence-corrected chi connectivity index (χ1v) is 5.38. The Morgan fingerprint density at radius 2 is 2.12 bits per heavy atom. The Balaban J connectivity index is 2.45. The van der Waals surface area contributed by atoms with E-state index in [1.54, 1.807) is 0 Å². The molecule has 1 aromatic carbocycles. The number of carbonyl (C=O) groups is 1. The normalized spacial score (nSPS) is 10.3. The van der Waals surface area contributed by atoms with Gasteiger partial charge in [0.15, 0.2) is 5.76 Å². The van der Waals surface area contributed by atoms with Gasteiger partial charge in [0, 0.05) is 15.6 Å². The molecule has 16 heavy (non-hydrogen) atoms. The summed E-state index contributed by atoms with van der Waals surface area (Å²) in [7, 11) is 0. The van der Waals surface area contributed by atoms with Crippen LogP contribution in [0.1, 0.15) is 5.76 Å². The Morgan fingerprint density at radius 1 is 1.38 bits per heavy atom. The van der Waals surface area contributed by atoms with Gasteiger partial charge in [0.2, 0.25) is 0 Å². The minimum Gasteiger partial charge on any atom is -0.481 e. The predicted molar refractivity (Wildman–Crippen MR) is 61.0 cm³/mol. The van der Waals surface area contributed by atoms with E-state index in [4.69, 9.17) is 9.63 Å². The first-order valence-electron chi connectivity index (χ1n) is 4.58. The number of carboxylic acid groups (broad SMARTS) is 1. The van der Waals surface area contributed by atoms with Crippen molar-refractivity contribution in [3.63, 3.8) is 0 Å². The fourth-order valence-corrected chi connectivity index (χ4v) is 1.93. The van der Waals surface area contributed by atoms with Crippen molar-refractivity contribution in [1.82, 2.24) is 5.16 Å². The molecule has 0 aliphatic carbocycles. The number of aliphatic carboxylic acids is 1. The minimum absolute atomic E-state index is 0.170. The largest absolute Gasteiger partial charge is 0.481 e. The van der Waals surface area contributed by atoms with E-state index in [2.05, 4.69) is 21.1 Å². The summed E-state index contributed by atoms with van der Waals surface area (Å²) in [5.74, 6) is -0.579. The number of benzene rings is 1. The number of nitrogens with zero attached hydrogens (tertiary/aromatic N) is 1. The third-order valence-electron chi connectivity index (χ3n) is 2.12. The Labute approximate surface area is 100 Å². The molecule has 0 aliphatic rings. The maximum absolute atomic E-state index is 10.6. The van der Waals surface area contributed by atoms with E-state index < -0.39 is 5.97 Å². The van der Waals surface area contributed by atoms with Crippen LogP contribution < -0.4 is 0 Å². The van der Waals surface area contributed by atoms with Crippen molar-refractivity contribution in [2.24, 2.45) is 0 Å². The molecule has 0 aliphatic heterocycles. The Kier molecular flexibility index (Phi) is 3.05. The highest BCUT2D eigenvalue weighted by molar-refractivity contribution is 9.10. The van der Waals surface area contributed by atoms with Crippen LogP contribution in [0.15, 0.2) is 39.5 Å². The summed E-state index contributed by atoms with van der Waals surface area (Å²) in [5, 5.41) is 12.4. The molecule has 0 bridgehead atoms. The molecule has 0 spiro atoms. The van der Waals surface area contributed by atoms with Gasteiger partial charge >= 0.3 is 5.97 Å². The molecular formula is C11H8BrNO3. The van der Waals surface area contributed by atoms with E-state index in [1.165, 1.54) is 6.20 Å². The predicted octanol–water partition coefficient (Wildman–Crippen LogP) is 2.73. The summed E-state index contributed by atoms with van der Waals surface area (Å²) in [6.45, 7) is 0. The van der Waals surface area contributed by atoms with E-state index >= 15 is 0 Å². The molecule has 5 heteroatoms. The highest BCUT2D eigenvalue weighted by atomic mass is 79.9. The summed E-state index contributed by atoms with van der Waals surface area (Å²) >= 11 is 3.40. The molecular weight excluding hydrogens is 274 g/mol. The zero-order valence-electron chi connectivity index (χ0n) is 8.18. The van der Waals surface area contributed by atoms with E-state index in [0.717, 1.165) is 10.0 Å². The lowest BCUT2D eigenvalue weighted by Gasteiger charge is -2.01. The van der Waals surface area contributed by atoms with E-state index in [-0.39, 0.29) is 6.42 Å². The summed E-state index contributed by atoms with van der Waals surface area (Å²) in [6.07, 6.45) is 1.36. The first kappa shape index (κ1) is 10.9. The van der Waals surface area contributed by atoms with Crippen LogP contribution in [0, 0.1) is 0 Å². The lowest BCUT2D eigenvalue weighted by atomic mass is 10.1. The van der Waals surface area contributed by atoms with Gasteiger partial charge in [-0.2, -0.15) is 0 Å². The van der Waals surface area contributed by atoms with Gasteiger partial charge in [-0.15, -0.1) is 0 Å². The highest BCUT2D eigenvalue weighted by Gasteiger charge is 2.15. The Bertz CT molecular complexity index is 521. The molecule has 1 N–H and O–H groups in total. The second-order valence-corrected chi connectivity index (χ2v) is 4.07. The summed E-state index contributed by atoms with van der Waals surface area (Å²) in [4.78, 5) is 10.6. The van der Waals surface area contributed by atoms with Gasteiger partial charge in [0.05, 0.1) is 6.20 Å². The van der Waals surface area contributed by atoms with Gasteiger partial charge in [-0.1, -0.05) is 39.3 Å². The molecule has 82 valence electrons. The smallest absolute Gasteiger partial charge is 0.311 e. The maximum Gasteiger partial charge on any atom is 0.311 e. The van der Waals surface area contributed by atoms with Gasteiger partial charge in [0.25, 0.3) is 0 Å². The Hall–Kier alpha value is -1.62. The van der Waals surface area contributed by atoms with Crippen molar-refractivity contribution in [3.8, 4) is 11.1 Å². The van der Waals surface area contributed by atoms with Crippen molar-refractivity contribution in [2.45, 2.75) is 6.42 Å². The van der Waals surface area contributed by atoms with Crippen molar-refractivity contribution >= 4 is 21.9 Å². The van der Waals surface area contributed by atoms with Crippen LogP contribution in [0.3, 0.4) is 0 Å². The summed E-state index contributed by atoms with van der Waals surface area (Å²) in [6, 6.07) is 7.52. The first-order chi connectivity index (χ1) is 7.68. The zero-order valence-corrected chi connectivity index (χ0v) is 9.77. The third kappa shape index (κ3) is 2.14. The van der Waals surface area contributed by atoms with Crippen molar-refractivity contribution < 1.29 is 14.4 Å². The molecule has 0 atom stereocenters. The third-order valence-corrected chi connectivity index (χ3v) is 2.81. The van der Waals surface area contributed by atoms with Crippen LogP contribution in [0.2, 0.25) is 0 Å². The van der Waals surface area contributed by atoms with Gasteiger partial charge in [-0.05, 0) is 6.07 Å². The van der Waals surface area contributed by atoms with E-state index in [0.29, 0.717) is 11.3 Å². The number of carboxylic acids is 1. The quantitative estimate of drug-likeness (QED) is 0.940. The monoisotopic (exact) mass is 281 g/mol.